The van der Waals surface area contributed by atoms with Crippen LogP contribution in [-0.4, -0.2) is 21.9 Å². The molecule has 0 atom stereocenters. The van der Waals surface area contributed by atoms with Gasteiger partial charge >= 0.3 is 0 Å². The highest BCUT2D eigenvalue weighted by Gasteiger charge is 2.10. The summed E-state index contributed by atoms with van der Waals surface area (Å²) in [6.07, 6.45) is 1.72. The summed E-state index contributed by atoms with van der Waals surface area (Å²) in [5.74, 6) is 1.57. The molecule has 4 nitrogen and oxygen atoms in total. The van der Waals surface area contributed by atoms with Gasteiger partial charge in [0.25, 0.3) is 0 Å². The lowest BCUT2D eigenvalue weighted by Crippen LogP contribution is -2.02. The summed E-state index contributed by atoms with van der Waals surface area (Å²) in [5.41, 5.74) is 3.34. The van der Waals surface area contributed by atoms with Crippen LogP contribution < -0.4 is 4.74 Å². The molecule has 0 aliphatic rings. The molecule has 0 bridgehead atoms. The van der Waals surface area contributed by atoms with Crippen molar-refractivity contribution in [3.8, 4) is 11.6 Å². The number of pyridine rings is 1. The Hall–Kier alpha value is -1.84. The zero-order chi connectivity index (χ0) is 11.7. The Morgan fingerprint density at radius 1 is 1.25 bits per heavy atom. The fraction of sp³-hybridized carbons (Fsp3) is 0.333. The predicted molar refractivity (Wildman–Crippen MR) is 62.1 cm³/mol. The van der Waals surface area contributed by atoms with E-state index in [0.717, 1.165) is 23.0 Å². The first-order chi connectivity index (χ1) is 7.63. The van der Waals surface area contributed by atoms with Crippen molar-refractivity contribution in [2.45, 2.75) is 20.8 Å². The van der Waals surface area contributed by atoms with Gasteiger partial charge in [-0.1, -0.05) is 0 Å². The SMILES string of the molecule is COc1ccnc(-n2nc(C)c(C)c2C)c1. The van der Waals surface area contributed by atoms with Gasteiger partial charge in [-0.15, -0.1) is 0 Å². The second kappa shape index (κ2) is 3.96. The molecule has 0 radical (unpaired) electrons. The number of nitrogens with zero attached hydrogens (tertiary/aromatic N) is 3. The van der Waals surface area contributed by atoms with Crippen LogP contribution in [0.2, 0.25) is 0 Å². The van der Waals surface area contributed by atoms with E-state index in [4.69, 9.17) is 4.74 Å². The average Bonchev–Trinajstić information content (AvgIpc) is 2.57. The molecular formula is C12H15N3O. The molecule has 2 aromatic heterocycles. The zero-order valence-corrected chi connectivity index (χ0v) is 9.98. The Morgan fingerprint density at radius 3 is 2.56 bits per heavy atom. The van der Waals surface area contributed by atoms with Crippen molar-refractivity contribution in [3.05, 3.63) is 35.3 Å². The third kappa shape index (κ3) is 1.66. The normalized spacial score (nSPS) is 10.5. The van der Waals surface area contributed by atoms with Gasteiger partial charge in [-0.3, -0.25) is 0 Å². The van der Waals surface area contributed by atoms with Crippen molar-refractivity contribution in [1.82, 2.24) is 14.8 Å². The van der Waals surface area contributed by atoms with Crippen LogP contribution >= 0.6 is 0 Å². The van der Waals surface area contributed by atoms with Gasteiger partial charge in [0.05, 0.1) is 12.8 Å². The molecule has 16 heavy (non-hydrogen) atoms. The van der Waals surface area contributed by atoms with Crippen LogP contribution in [0.3, 0.4) is 0 Å². The molecule has 0 aliphatic carbocycles. The number of hydrogen-bond donors (Lipinski definition) is 0. The highest BCUT2D eigenvalue weighted by Crippen LogP contribution is 2.18. The molecule has 84 valence electrons. The molecule has 0 aliphatic heterocycles. The van der Waals surface area contributed by atoms with E-state index in [9.17, 15) is 0 Å². The average molecular weight is 217 g/mol. The maximum Gasteiger partial charge on any atom is 0.157 e. The number of aryl methyl sites for hydroxylation is 1. The van der Waals surface area contributed by atoms with Crippen LogP contribution in [0.25, 0.3) is 5.82 Å². The molecule has 4 heteroatoms. The number of aromatic nitrogens is 3. The van der Waals surface area contributed by atoms with Crippen molar-refractivity contribution in [2.24, 2.45) is 0 Å². The molecule has 0 unspecified atom stereocenters. The lowest BCUT2D eigenvalue weighted by Gasteiger charge is -2.05. The summed E-state index contributed by atoms with van der Waals surface area (Å²) in [6.45, 7) is 6.10. The third-order valence-electron chi connectivity index (χ3n) is 2.82. The minimum absolute atomic E-state index is 0.785. The van der Waals surface area contributed by atoms with Crippen molar-refractivity contribution in [1.29, 1.82) is 0 Å². The molecular weight excluding hydrogens is 202 g/mol. The van der Waals surface area contributed by atoms with Crippen molar-refractivity contribution < 1.29 is 4.74 Å². The predicted octanol–water partition coefficient (Wildman–Crippen LogP) is 2.20. The summed E-state index contributed by atoms with van der Waals surface area (Å²) >= 11 is 0. The topological polar surface area (TPSA) is 39.9 Å². The minimum atomic E-state index is 0.785. The molecule has 0 saturated carbocycles. The summed E-state index contributed by atoms with van der Waals surface area (Å²) in [4.78, 5) is 4.29. The molecule has 2 rings (SSSR count). The van der Waals surface area contributed by atoms with E-state index in [1.54, 1.807) is 13.3 Å². The minimum Gasteiger partial charge on any atom is -0.497 e. The van der Waals surface area contributed by atoms with Gasteiger partial charge in [-0.05, 0) is 32.4 Å². The first kappa shape index (κ1) is 10.7. The van der Waals surface area contributed by atoms with E-state index in [2.05, 4.69) is 17.0 Å². The van der Waals surface area contributed by atoms with E-state index in [1.807, 2.05) is 30.7 Å². The van der Waals surface area contributed by atoms with E-state index >= 15 is 0 Å². The number of ether oxygens (including phenoxy) is 1. The highest BCUT2D eigenvalue weighted by molar-refractivity contribution is 5.35. The maximum atomic E-state index is 5.17. The van der Waals surface area contributed by atoms with E-state index in [1.165, 1.54) is 5.56 Å². The van der Waals surface area contributed by atoms with Gasteiger partial charge in [-0.25, -0.2) is 9.67 Å². The molecule has 0 N–H and O–H groups in total. The summed E-state index contributed by atoms with van der Waals surface area (Å²) < 4.78 is 7.01. The molecule has 2 aromatic rings. The monoisotopic (exact) mass is 217 g/mol. The molecule has 0 fully saturated rings. The zero-order valence-electron chi connectivity index (χ0n) is 9.98. The van der Waals surface area contributed by atoms with Crippen molar-refractivity contribution in [3.63, 3.8) is 0 Å². The van der Waals surface area contributed by atoms with Crippen LogP contribution in [0.15, 0.2) is 18.3 Å². The first-order valence-electron chi connectivity index (χ1n) is 5.16. The lowest BCUT2D eigenvalue weighted by atomic mass is 10.2. The van der Waals surface area contributed by atoms with Gasteiger partial charge in [-0.2, -0.15) is 5.10 Å². The van der Waals surface area contributed by atoms with Crippen molar-refractivity contribution >= 4 is 0 Å². The summed E-state index contributed by atoms with van der Waals surface area (Å²) in [6, 6.07) is 3.70. The molecule has 0 aromatic carbocycles. The Kier molecular flexibility index (Phi) is 2.64. The van der Waals surface area contributed by atoms with Gasteiger partial charge in [0.1, 0.15) is 5.75 Å². The van der Waals surface area contributed by atoms with E-state index in [0.29, 0.717) is 0 Å². The van der Waals surface area contributed by atoms with Crippen LogP contribution in [0.4, 0.5) is 0 Å². The fourth-order valence-electron chi connectivity index (χ4n) is 1.59. The lowest BCUT2D eigenvalue weighted by molar-refractivity contribution is 0.413. The fourth-order valence-corrected chi connectivity index (χ4v) is 1.59. The smallest absolute Gasteiger partial charge is 0.157 e. The molecule has 0 saturated heterocycles. The van der Waals surface area contributed by atoms with Crippen molar-refractivity contribution in [2.75, 3.05) is 7.11 Å². The van der Waals surface area contributed by atoms with Gasteiger partial charge in [0.2, 0.25) is 0 Å². The molecule has 0 spiro atoms. The van der Waals surface area contributed by atoms with Gasteiger partial charge in [0, 0.05) is 18.0 Å². The third-order valence-corrected chi connectivity index (χ3v) is 2.82. The van der Waals surface area contributed by atoms with Crippen LogP contribution in [0, 0.1) is 20.8 Å². The quantitative estimate of drug-likeness (QED) is 0.774. The Balaban J connectivity index is 2.54. The van der Waals surface area contributed by atoms with Crippen LogP contribution in [-0.2, 0) is 0 Å². The van der Waals surface area contributed by atoms with Crippen LogP contribution in [0.5, 0.6) is 5.75 Å². The van der Waals surface area contributed by atoms with Crippen LogP contribution in [0.1, 0.15) is 17.0 Å². The molecule has 0 amide bonds. The number of rotatable bonds is 2. The Bertz CT molecular complexity index is 517. The van der Waals surface area contributed by atoms with E-state index < -0.39 is 0 Å². The standard InChI is InChI=1S/C12H15N3O/c1-8-9(2)14-15(10(8)3)12-7-11(16-4)5-6-13-12/h5-7H,1-4H3. The first-order valence-corrected chi connectivity index (χ1v) is 5.16. The highest BCUT2D eigenvalue weighted by atomic mass is 16.5. The second-order valence-electron chi connectivity index (χ2n) is 3.76. The summed E-state index contributed by atoms with van der Waals surface area (Å²) in [5, 5.41) is 4.45. The molecule has 2 heterocycles. The second-order valence-corrected chi connectivity index (χ2v) is 3.76. The van der Waals surface area contributed by atoms with Gasteiger partial charge < -0.3 is 4.74 Å². The Labute approximate surface area is 94.9 Å². The van der Waals surface area contributed by atoms with E-state index in [-0.39, 0.29) is 0 Å². The largest absolute Gasteiger partial charge is 0.497 e. The summed E-state index contributed by atoms with van der Waals surface area (Å²) in [7, 11) is 1.64. The number of methoxy groups -OCH3 is 1. The Morgan fingerprint density at radius 2 is 2.00 bits per heavy atom. The van der Waals surface area contributed by atoms with Gasteiger partial charge in [0.15, 0.2) is 5.82 Å². The maximum absolute atomic E-state index is 5.17. The number of hydrogen-bond acceptors (Lipinski definition) is 3.